The molecule has 2 rings (SSSR count). The lowest BCUT2D eigenvalue weighted by Crippen LogP contribution is -2.57. The minimum atomic E-state index is 0.221. The van der Waals surface area contributed by atoms with Crippen LogP contribution in [0.2, 0.25) is 0 Å². The second kappa shape index (κ2) is 4.43. The molecule has 4 heteroatoms. The number of nitrogens with zero attached hydrogens (tertiary/aromatic N) is 2. The lowest BCUT2D eigenvalue weighted by atomic mass is 10.0. The fourth-order valence-corrected chi connectivity index (χ4v) is 3.09. The van der Waals surface area contributed by atoms with E-state index in [9.17, 15) is 0 Å². The Labute approximate surface area is 102 Å². The normalized spacial score (nSPS) is 23.2. The van der Waals surface area contributed by atoms with Crippen LogP contribution in [-0.2, 0) is 0 Å². The quantitative estimate of drug-likeness (QED) is 0.857. The molecule has 1 aliphatic rings. The Balaban J connectivity index is 2.07. The first-order valence-corrected chi connectivity index (χ1v) is 6.71. The van der Waals surface area contributed by atoms with Gasteiger partial charge in [0.1, 0.15) is 5.01 Å². The van der Waals surface area contributed by atoms with Gasteiger partial charge in [0.15, 0.2) is 0 Å². The van der Waals surface area contributed by atoms with E-state index in [0.29, 0.717) is 6.04 Å². The molecule has 1 aromatic rings. The minimum absolute atomic E-state index is 0.221. The van der Waals surface area contributed by atoms with Gasteiger partial charge in [0.25, 0.3) is 0 Å². The summed E-state index contributed by atoms with van der Waals surface area (Å²) in [6.07, 6.45) is 1.98. The third-order valence-electron chi connectivity index (χ3n) is 3.15. The molecule has 0 radical (unpaired) electrons. The van der Waals surface area contributed by atoms with Gasteiger partial charge in [-0.3, -0.25) is 4.90 Å². The number of hydrogen-bond acceptors (Lipinski definition) is 4. The SMILES string of the molecule is Cc1cnc(C(C)N2CCNC(C)(C)C2)s1. The van der Waals surface area contributed by atoms with Gasteiger partial charge < -0.3 is 5.32 Å². The number of hydrogen-bond donors (Lipinski definition) is 1. The van der Waals surface area contributed by atoms with Crippen molar-refractivity contribution in [1.82, 2.24) is 15.2 Å². The number of aryl methyl sites for hydroxylation is 1. The van der Waals surface area contributed by atoms with Crippen LogP contribution < -0.4 is 5.32 Å². The van der Waals surface area contributed by atoms with Crippen LogP contribution in [-0.4, -0.2) is 35.1 Å². The maximum atomic E-state index is 4.50. The van der Waals surface area contributed by atoms with Crippen LogP contribution in [0.4, 0.5) is 0 Å². The highest BCUT2D eigenvalue weighted by atomic mass is 32.1. The predicted octanol–water partition coefficient (Wildman–Crippen LogP) is 2.20. The predicted molar refractivity (Wildman–Crippen MR) is 68.9 cm³/mol. The van der Waals surface area contributed by atoms with Crippen molar-refractivity contribution in [2.75, 3.05) is 19.6 Å². The third-order valence-corrected chi connectivity index (χ3v) is 4.23. The van der Waals surface area contributed by atoms with Crippen molar-refractivity contribution >= 4 is 11.3 Å². The van der Waals surface area contributed by atoms with Gasteiger partial charge in [-0.25, -0.2) is 4.98 Å². The Bertz CT molecular complexity index is 359. The first kappa shape index (κ1) is 12.0. The largest absolute Gasteiger partial charge is 0.309 e. The molecule has 0 aliphatic carbocycles. The van der Waals surface area contributed by atoms with Crippen molar-refractivity contribution < 1.29 is 0 Å². The monoisotopic (exact) mass is 239 g/mol. The first-order valence-electron chi connectivity index (χ1n) is 5.89. The summed E-state index contributed by atoms with van der Waals surface area (Å²) in [5, 5.41) is 4.79. The van der Waals surface area contributed by atoms with Gasteiger partial charge in [0, 0.05) is 36.2 Å². The van der Waals surface area contributed by atoms with E-state index < -0.39 is 0 Å². The zero-order valence-electron chi connectivity index (χ0n) is 10.6. The molecule has 0 spiro atoms. The van der Waals surface area contributed by atoms with Crippen molar-refractivity contribution in [2.24, 2.45) is 0 Å². The summed E-state index contributed by atoms with van der Waals surface area (Å²) in [6.45, 7) is 12.2. The molecule has 1 aliphatic heterocycles. The van der Waals surface area contributed by atoms with Crippen LogP contribution in [0.5, 0.6) is 0 Å². The Morgan fingerprint density at radius 1 is 1.56 bits per heavy atom. The summed E-state index contributed by atoms with van der Waals surface area (Å²) in [7, 11) is 0. The van der Waals surface area contributed by atoms with E-state index in [1.54, 1.807) is 0 Å². The van der Waals surface area contributed by atoms with Gasteiger partial charge in [0.05, 0.1) is 6.04 Å². The van der Waals surface area contributed by atoms with E-state index >= 15 is 0 Å². The molecule has 0 bridgehead atoms. The van der Waals surface area contributed by atoms with Crippen LogP contribution >= 0.6 is 11.3 Å². The van der Waals surface area contributed by atoms with Crippen LogP contribution in [0.1, 0.15) is 36.7 Å². The van der Waals surface area contributed by atoms with E-state index in [1.807, 2.05) is 17.5 Å². The molecule has 1 saturated heterocycles. The molecule has 3 nitrogen and oxygen atoms in total. The summed E-state index contributed by atoms with van der Waals surface area (Å²) >= 11 is 1.82. The Morgan fingerprint density at radius 3 is 2.88 bits per heavy atom. The molecular weight excluding hydrogens is 218 g/mol. The molecule has 0 aromatic carbocycles. The van der Waals surface area contributed by atoms with Gasteiger partial charge in [0.2, 0.25) is 0 Å². The van der Waals surface area contributed by atoms with Gasteiger partial charge in [-0.2, -0.15) is 0 Å². The molecule has 1 fully saturated rings. The van der Waals surface area contributed by atoms with Gasteiger partial charge in [-0.05, 0) is 27.7 Å². The Kier molecular flexibility index (Phi) is 3.33. The topological polar surface area (TPSA) is 28.2 Å². The van der Waals surface area contributed by atoms with Crippen molar-refractivity contribution in [3.63, 3.8) is 0 Å². The molecule has 1 atom stereocenters. The average Bonchev–Trinajstić information content (AvgIpc) is 2.62. The van der Waals surface area contributed by atoms with E-state index in [4.69, 9.17) is 0 Å². The highest BCUT2D eigenvalue weighted by Gasteiger charge is 2.29. The molecule has 16 heavy (non-hydrogen) atoms. The van der Waals surface area contributed by atoms with Gasteiger partial charge in [-0.1, -0.05) is 0 Å². The molecule has 1 N–H and O–H groups in total. The first-order chi connectivity index (χ1) is 7.48. The average molecular weight is 239 g/mol. The standard InChI is InChI=1S/C12H21N3S/c1-9-7-13-11(16-9)10(2)15-6-5-14-12(3,4)8-15/h7,10,14H,5-6,8H2,1-4H3. The second-order valence-corrected chi connectivity index (χ2v) is 6.53. The highest BCUT2D eigenvalue weighted by Crippen LogP contribution is 2.26. The van der Waals surface area contributed by atoms with E-state index in [1.165, 1.54) is 9.88 Å². The van der Waals surface area contributed by atoms with E-state index in [-0.39, 0.29) is 5.54 Å². The van der Waals surface area contributed by atoms with Gasteiger partial charge in [-0.15, -0.1) is 11.3 Å². The fourth-order valence-electron chi connectivity index (χ4n) is 2.23. The van der Waals surface area contributed by atoms with Crippen LogP contribution in [0.3, 0.4) is 0 Å². The molecule has 1 unspecified atom stereocenters. The van der Waals surface area contributed by atoms with E-state index in [0.717, 1.165) is 19.6 Å². The number of nitrogens with one attached hydrogen (secondary N) is 1. The third kappa shape index (κ3) is 2.62. The molecule has 90 valence electrons. The Morgan fingerprint density at radius 2 is 2.31 bits per heavy atom. The molecular formula is C12H21N3S. The van der Waals surface area contributed by atoms with Crippen molar-refractivity contribution in [1.29, 1.82) is 0 Å². The number of thiazole rings is 1. The second-order valence-electron chi connectivity index (χ2n) is 5.27. The van der Waals surface area contributed by atoms with Crippen molar-refractivity contribution in [3.05, 3.63) is 16.1 Å². The van der Waals surface area contributed by atoms with Gasteiger partial charge >= 0.3 is 0 Å². The van der Waals surface area contributed by atoms with Crippen LogP contribution in [0, 0.1) is 6.92 Å². The van der Waals surface area contributed by atoms with Crippen molar-refractivity contribution in [3.8, 4) is 0 Å². The highest BCUT2D eigenvalue weighted by molar-refractivity contribution is 7.11. The lowest BCUT2D eigenvalue weighted by molar-refractivity contribution is 0.116. The number of rotatable bonds is 2. The Hall–Kier alpha value is -0.450. The lowest BCUT2D eigenvalue weighted by Gasteiger charge is -2.41. The molecule has 2 heterocycles. The maximum absolute atomic E-state index is 4.50. The fraction of sp³-hybridized carbons (Fsp3) is 0.750. The molecule has 1 aromatic heterocycles. The van der Waals surface area contributed by atoms with Crippen LogP contribution in [0.15, 0.2) is 6.20 Å². The number of piperazine rings is 1. The summed E-state index contributed by atoms with van der Waals surface area (Å²) < 4.78 is 0. The maximum Gasteiger partial charge on any atom is 0.110 e. The molecule has 0 amide bonds. The smallest absolute Gasteiger partial charge is 0.110 e. The molecule has 0 saturated carbocycles. The zero-order valence-corrected chi connectivity index (χ0v) is 11.4. The van der Waals surface area contributed by atoms with Crippen molar-refractivity contribution in [2.45, 2.75) is 39.3 Å². The van der Waals surface area contributed by atoms with Crippen LogP contribution in [0.25, 0.3) is 0 Å². The summed E-state index contributed by atoms with van der Waals surface area (Å²) in [5.41, 5.74) is 0.221. The number of aromatic nitrogens is 1. The zero-order chi connectivity index (χ0) is 11.8. The summed E-state index contributed by atoms with van der Waals surface area (Å²) in [4.78, 5) is 8.32. The van der Waals surface area contributed by atoms with E-state index in [2.05, 4.69) is 42.9 Å². The minimum Gasteiger partial charge on any atom is -0.309 e. The summed E-state index contributed by atoms with van der Waals surface area (Å²) in [5.74, 6) is 0. The summed E-state index contributed by atoms with van der Waals surface area (Å²) in [6, 6.07) is 0.445.